The molecular weight excluding hydrogens is 392 g/mol. The Bertz CT molecular complexity index is 862. The molecule has 2 unspecified atom stereocenters. The highest BCUT2D eigenvalue weighted by Crippen LogP contribution is 2.22. The molecule has 0 amide bonds. The third-order valence-electron chi connectivity index (χ3n) is 5.36. The van der Waals surface area contributed by atoms with E-state index in [1.165, 1.54) is 5.56 Å². The molecule has 0 spiro atoms. The Labute approximate surface area is 185 Å². The molecule has 0 bridgehead atoms. The molecule has 7 nitrogen and oxygen atoms in total. The number of morpholine rings is 1. The van der Waals surface area contributed by atoms with Gasteiger partial charge in [0, 0.05) is 26.2 Å². The van der Waals surface area contributed by atoms with Crippen molar-refractivity contribution in [2.45, 2.75) is 52.5 Å². The van der Waals surface area contributed by atoms with E-state index in [0.29, 0.717) is 24.8 Å². The number of benzene rings is 1. The van der Waals surface area contributed by atoms with Crippen molar-refractivity contribution in [3.05, 3.63) is 59.0 Å². The van der Waals surface area contributed by atoms with E-state index in [9.17, 15) is 5.11 Å². The maximum Gasteiger partial charge on any atom is 0.191 e. The van der Waals surface area contributed by atoms with Crippen LogP contribution in [0.15, 0.2) is 45.8 Å². The van der Waals surface area contributed by atoms with Gasteiger partial charge in [-0.1, -0.05) is 24.3 Å². The van der Waals surface area contributed by atoms with Gasteiger partial charge in [0.2, 0.25) is 0 Å². The fourth-order valence-corrected chi connectivity index (χ4v) is 3.70. The van der Waals surface area contributed by atoms with Crippen LogP contribution in [0.5, 0.6) is 0 Å². The largest absolute Gasteiger partial charge is 0.463 e. The second kappa shape index (κ2) is 10.8. The molecule has 1 aromatic carbocycles. The van der Waals surface area contributed by atoms with Gasteiger partial charge in [-0.25, -0.2) is 4.99 Å². The quantitative estimate of drug-likeness (QED) is 0.443. The Morgan fingerprint density at radius 1 is 1.26 bits per heavy atom. The number of nitrogens with zero attached hydrogens (tertiary/aromatic N) is 2. The number of aliphatic imine (C=N–C) groups is 1. The SMILES string of the molecule is CCNC(=NCc1cccc(CN2CCOC(C)C2)c1)NCC(C)(O)c1ccc(C)o1. The average molecular weight is 429 g/mol. The van der Waals surface area contributed by atoms with Crippen LogP contribution >= 0.6 is 0 Å². The van der Waals surface area contributed by atoms with Crippen molar-refractivity contribution in [2.24, 2.45) is 4.99 Å². The molecule has 1 aliphatic heterocycles. The van der Waals surface area contributed by atoms with Gasteiger partial charge in [0.05, 0.1) is 25.8 Å². The first-order valence-corrected chi connectivity index (χ1v) is 11.1. The minimum Gasteiger partial charge on any atom is -0.463 e. The number of furan rings is 1. The van der Waals surface area contributed by atoms with E-state index >= 15 is 0 Å². The number of guanidine groups is 1. The lowest BCUT2D eigenvalue weighted by molar-refractivity contribution is -0.0212. The Hall–Kier alpha value is -2.35. The van der Waals surface area contributed by atoms with E-state index in [1.54, 1.807) is 6.92 Å². The summed E-state index contributed by atoms with van der Waals surface area (Å²) in [6.07, 6.45) is 0.289. The van der Waals surface area contributed by atoms with E-state index in [4.69, 9.17) is 14.1 Å². The number of rotatable bonds is 8. The molecule has 0 aliphatic carbocycles. The van der Waals surface area contributed by atoms with Gasteiger partial charge in [0.25, 0.3) is 0 Å². The topological polar surface area (TPSA) is 82.3 Å². The molecule has 1 aromatic heterocycles. The fourth-order valence-electron chi connectivity index (χ4n) is 3.70. The second-order valence-corrected chi connectivity index (χ2v) is 8.47. The molecular formula is C24H36N4O3. The highest BCUT2D eigenvalue weighted by atomic mass is 16.5. The molecule has 0 saturated carbocycles. The highest BCUT2D eigenvalue weighted by Gasteiger charge is 2.27. The van der Waals surface area contributed by atoms with Crippen LogP contribution in [-0.4, -0.2) is 54.9 Å². The molecule has 170 valence electrons. The van der Waals surface area contributed by atoms with E-state index in [1.807, 2.05) is 26.0 Å². The number of hydrogen-bond donors (Lipinski definition) is 3. The maximum atomic E-state index is 10.8. The minimum atomic E-state index is -1.13. The third-order valence-corrected chi connectivity index (χ3v) is 5.36. The number of aryl methyl sites for hydroxylation is 1. The Morgan fingerprint density at radius 3 is 2.77 bits per heavy atom. The van der Waals surface area contributed by atoms with Crippen LogP contribution in [0.1, 0.15) is 43.4 Å². The summed E-state index contributed by atoms with van der Waals surface area (Å²) >= 11 is 0. The van der Waals surface area contributed by atoms with Crippen molar-refractivity contribution in [3.63, 3.8) is 0 Å². The summed E-state index contributed by atoms with van der Waals surface area (Å²) in [5.41, 5.74) is 1.32. The van der Waals surface area contributed by atoms with Crippen LogP contribution in [0, 0.1) is 6.92 Å². The van der Waals surface area contributed by atoms with E-state index < -0.39 is 5.60 Å². The summed E-state index contributed by atoms with van der Waals surface area (Å²) in [5.74, 6) is 1.99. The monoisotopic (exact) mass is 428 g/mol. The Morgan fingerprint density at radius 2 is 2.06 bits per heavy atom. The lowest BCUT2D eigenvalue weighted by atomic mass is 10.0. The summed E-state index contributed by atoms with van der Waals surface area (Å²) in [7, 11) is 0. The van der Waals surface area contributed by atoms with Gasteiger partial charge < -0.3 is 24.9 Å². The molecule has 3 N–H and O–H groups in total. The van der Waals surface area contributed by atoms with Crippen molar-refractivity contribution in [1.82, 2.24) is 15.5 Å². The molecule has 1 fully saturated rings. The molecule has 2 heterocycles. The first-order valence-electron chi connectivity index (χ1n) is 11.1. The molecule has 2 aromatic rings. The summed E-state index contributed by atoms with van der Waals surface area (Å²) < 4.78 is 11.2. The van der Waals surface area contributed by atoms with Crippen molar-refractivity contribution < 1.29 is 14.3 Å². The first-order chi connectivity index (χ1) is 14.9. The molecule has 2 atom stereocenters. The van der Waals surface area contributed by atoms with Crippen molar-refractivity contribution in [3.8, 4) is 0 Å². The lowest BCUT2D eigenvalue weighted by Gasteiger charge is -2.31. The summed E-state index contributed by atoms with van der Waals surface area (Å²) in [5, 5.41) is 17.2. The van der Waals surface area contributed by atoms with E-state index in [2.05, 4.69) is 46.7 Å². The van der Waals surface area contributed by atoms with E-state index in [-0.39, 0.29) is 6.10 Å². The van der Waals surface area contributed by atoms with Crippen LogP contribution in [0.3, 0.4) is 0 Å². The van der Waals surface area contributed by atoms with Gasteiger partial charge in [0.15, 0.2) is 5.96 Å². The van der Waals surface area contributed by atoms with Gasteiger partial charge in [-0.05, 0) is 51.0 Å². The summed E-state index contributed by atoms with van der Waals surface area (Å²) in [6.45, 7) is 13.0. The summed E-state index contributed by atoms with van der Waals surface area (Å²) in [4.78, 5) is 7.14. The van der Waals surface area contributed by atoms with Crippen molar-refractivity contribution in [1.29, 1.82) is 0 Å². The smallest absolute Gasteiger partial charge is 0.191 e. The lowest BCUT2D eigenvalue weighted by Crippen LogP contribution is -2.44. The maximum absolute atomic E-state index is 10.8. The zero-order valence-corrected chi connectivity index (χ0v) is 19.1. The number of nitrogens with one attached hydrogen (secondary N) is 2. The van der Waals surface area contributed by atoms with Gasteiger partial charge in [-0.3, -0.25) is 4.90 Å². The minimum absolute atomic E-state index is 0.289. The normalized spacial score (nSPS) is 19.8. The summed E-state index contributed by atoms with van der Waals surface area (Å²) in [6, 6.07) is 12.2. The van der Waals surface area contributed by atoms with Gasteiger partial charge >= 0.3 is 0 Å². The predicted molar refractivity (Wildman–Crippen MR) is 123 cm³/mol. The van der Waals surface area contributed by atoms with Crippen LogP contribution in [0.2, 0.25) is 0 Å². The van der Waals surface area contributed by atoms with Crippen molar-refractivity contribution in [2.75, 3.05) is 32.8 Å². The van der Waals surface area contributed by atoms with Crippen LogP contribution in [-0.2, 0) is 23.4 Å². The zero-order valence-electron chi connectivity index (χ0n) is 19.1. The molecule has 31 heavy (non-hydrogen) atoms. The molecule has 7 heteroatoms. The van der Waals surface area contributed by atoms with Gasteiger partial charge in [0.1, 0.15) is 17.1 Å². The zero-order chi connectivity index (χ0) is 22.3. The molecule has 0 radical (unpaired) electrons. The van der Waals surface area contributed by atoms with Crippen LogP contribution in [0.4, 0.5) is 0 Å². The molecule has 1 saturated heterocycles. The van der Waals surface area contributed by atoms with Crippen LogP contribution < -0.4 is 10.6 Å². The highest BCUT2D eigenvalue weighted by molar-refractivity contribution is 5.79. The number of aliphatic hydroxyl groups is 1. The van der Waals surface area contributed by atoms with Gasteiger partial charge in [-0.2, -0.15) is 0 Å². The Kier molecular flexibility index (Phi) is 8.12. The first kappa shape index (κ1) is 23.3. The van der Waals surface area contributed by atoms with Gasteiger partial charge in [-0.15, -0.1) is 0 Å². The third kappa shape index (κ3) is 7.09. The number of hydrogen-bond acceptors (Lipinski definition) is 5. The standard InChI is InChI=1S/C24H36N4O3/c1-5-25-23(27-17-24(4,29)22-10-9-18(2)31-22)26-14-20-7-6-8-21(13-20)16-28-11-12-30-19(3)15-28/h6-10,13,19,29H,5,11-12,14-17H2,1-4H3,(H2,25,26,27). The Balaban J connectivity index is 1.59. The predicted octanol–water partition coefficient (Wildman–Crippen LogP) is 2.77. The molecule has 1 aliphatic rings. The second-order valence-electron chi connectivity index (χ2n) is 8.47. The molecule has 3 rings (SSSR count). The fraction of sp³-hybridized carbons (Fsp3) is 0.542. The van der Waals surface area contributed by atoms with Crippen LogP contribution in [0.25, 0.3) is 0 Å². The van der Waals surface area contributed by atoms with Crippen molar-refractivity contribution >= 4 is 5.96 Å². The number of ether oxygens (including phenoxy) is 1. The van der Waals surface area contributed by atoms with E-state index in [0.717, 1.165) is 44.1 Å². The average Bonchev–Trinajstić information content (AvgIpc) is 3.18.